The van der Waals surface area contributed by atoms with Gasteiger partial charge in [0.15, 0.2) is 0 Å². The van der Waals surface area contributed by atoms with E-state index in [-0.39, 0.29) is 24.0 Å². The van der Waals surface area contributed by atoms with Crippen molar-refractivity contribution in [2.24, 2.45) is 17.3 Å². The number of carbonyl (C=O) groups is 1. The molecule has 2 atom stereocenters. The van der Waals surface area contributed by atoms with Crippen LogP contribution in [-0.4, -0.2) is 50.1 Å². The first-order valence-electron chi connectivity index (χ1n) is 6.66. The van der Waals surface area contributed by atoms with E-state index in [1.54, 1.807) is 0 Å². The number of aliphatic hydroxyl groups is 1. The fourth-order valence-electron chi connectivity index (χ4n) is 2.57. The second-order valence-electron chi connectivity index (χ2n) is 5.86. The van der Waals surface area contributed by atoms with Crippen molar-refractivity contribution in [3.8, 4) is 0 Å². The number of hydrogen-bond donors (Lipinski definition) is 2. The predicted octanol–water partition coefficient (Wildman–Crippen LogP) is 0.173. The first-order valence-corrected chi connectivity index (χ1v) is 6.66. The lowest BCUT2D eigenvalue weighted by molar-refractivity contribution is -0.145. The number of nitrogens with one attached hydrogen (secondary N) is 1. The van der Waals surface area contributed by atoms with Gasteiger partial charge in [0.05, 0.1) is 25.2 Å². The molecule has 0 radical (unpaired) electrons. The molecule has 0 aromatic rings. The number of carbonyl (C=O) groups excluding carboxylic acids is 1. The van der Waals surface area contributed by atoms with E-state index in [1.165, 1.54) is 0 Å². The quantitative estimate of drug-likeness (QED) is 0.737. The third kappa shape index (κ3) is 2.68. The predicted molar refractivity (Wildman–Crippen MR) is 66.0 cm³/mol. The molecule has 5 heteroatoms. The number of ether oxygens (including phenoxy) is 2. The van der Waals surface area contributed by atoms with Crippen LogP contribution in [0.15, 0.2) is 0 Å². The van der Waals surface area contributed by atoms with Gasteiger partial charge in [0.1, 0.15) is 6.10 Å². The molecule has 0 spiro atoms. The average molecular weight is 257 g/mol. The Bertz CT molecular complexity index is 296. The maximum Gasteiger partial charge on any atom is 0.249 e. The zero-order valence-electron chi connectivity index (χ0n) is 11.1. The van der Waals surface area contributed by atoms with E-state index in [0.29, 0.717) is 38.2 Å². The first-order chi connectivity index (χ1) is 8.58. The van der Waals surface area contributed by atoms with Crippen molar-refractivity contribution in [1.82, 2.24) is 5.32 Å². The molecule has 2 aliphatic heterocycles. The molecule has 0 saturated carbocycles. The van der Waals surface area contributed by atoms with E-state index >= 15 is 0 Å². The van der Waals surface area contributed by atoms with E-state index in [2.05, 4.69) is 19.2 Å². The SMILES string of the molecule is CC(C)[C@H]1CCO[C@H]1C(=O)NCC1(CO)COC1. The zero-order valence-corrected chi connectivity index (χ0v) is 11.1. The van der Waals surface area contributed by atoms with Crippen LogP contribution in [0, 0.1) is 17.3 Å². The molecular formula is C13H23NO4. The topological polar surface area (TPSA) is 67.8 Å². The van der Waals surface area contributed by atoms with Gasteiger partial charge in [-0.3, -0.25) is 4.79 Å². The molecule has 0 unspecified atom stereocenters. The molecule has 2 fully saturated rings. The molecule has 2 saturated heterocycles. The van der Waals surface area contributed by atoms with Crippen molar-refractivity contribution in [3.05, 3.63) is 0 Å². The van der Waals surface area contributed by atoms with Crippen LogP contribution in [0.3, 0.4) is 0 Å². The Kier molecular flexibility index (Phi) is 4.25. The molecule has 0 aromatic carbocycles. The molecule has 2 heterocycles. The molecule has 2 rings (SSSR count). The minimum atomic E-state index is -0.332. The third-order valence-electron chi connectivity index (χ3n) is 4.04. The van der Waals surface area contributed by atoms with Crippen molar-refractivity contribution >= 4 is 5.91 Å². The monoisotopic (exact) mass is 257 g/mol. The highest BCUT2D eigenvalue weighted by molar-refractivity contribution is 5.81. The molecule has 18 heavy (non-hydrogen) atoms. The highest BCUT2D eigenvalue weighted by Gasteiger charge is 2.40. The van der Waals surface area contributed by atoms with Crippen LogP contribution in [0.2, 0.25) is 0 Å². The van der Waals surface area contributed by atoms with Crippen molar-refractivity contribution in [2.75, 3.05) is 33.0 Å². The third-order valence-corrected chi connectivity index (χ3v) is 4.04. The lowest BCUT2D eigenvalue weighted by Gasteiger charge is -2.40. The highest BCUT2D eigenvalue weighted by Crippen LogP contribution is 2.29. The summed E-state index contributed by atoms with van der Waals surface area (Å²) in [6.07, 6.45) is 0.617. The maximum atomic E-state index is 12.1. The molecule has 1 amide bonds. The number of amides is 1. The summed E-state index contributed by atoms with van der Waals surface area (Å²) in [5.74, 6) is 0.695. The van der Waals surface area contributed by atoms with Crippen LogP contribution < -0.4 is 5.32 Å². The summed E-state index contributed by atoms with van der Waals surface area (Å²) in [4.78, 5) is 12.1. The smallest absolute Gasteiger partial charge is 0.249 e. The molecule has 0 aromatic heterocycles. The standard InChI is InChI=1S/C13H23NO4/c1-9(2)10-3-4-18-11(10)12(16)14-5-13(6-15)7-17-8-13/h9-11,15H,3-8H2,1-2H3,(H,14,16)/t10-,11-/m1/s1. The van der Waals surface area contributed by atoms with Crippen LogP contribution in [0.25, 0.3) is 0 Å². The van der Waals surface area contributed by atoms with E-state index in [4.69, 9.17) is 9.47 Å². The van der Waals surface area contributed by atoms with Gasteiger partial charge in [0, 0.05) is 13.2 Å². The Morgan fingerprint density at radius 1 is 1.50 bits per heavy atom. The summed E-state index contributed by atoms with van der Waals surface area (Å²) < 4.78 is 10.6. The van der Waals surface area contributed by atoms with E-state index < -0.39 is 0 Å². The second-order valence-corrected chi connectivity index (χ2v) is 5.86. The maximum absolute atomic E-state index is 12.1. The van der Waals surface area contributed by atoms with E-state index in [1.807, 2.05) is 0 Å². The summed E-state index contributed by atoms with van der Waals surface area (Å²) in [7, 11) is 0. The summed E-state index contributed by atoms with van der Waals surface area (Å²) in [6.45, 7) is 6.45. The Morgan fingerprint density at radius 2 is 2.22 bits per heavy atom. The molecule has 2 aliphatic rings. The Labute approximate surface area is 108 Å². The van der Waals surface area contributed by atoms with Crippen LogP contribution >= 0.6 is 0 Å². The van der Waals surface area contributed by atoms with Gasteiger partial charge < -0.3 is 19.9 Å². The van der Waals surface area contributed by atoms with E-state index in [9.17, 15) is 9.90 Å². The molecule has 0 aliphatic carbocycles. The van der Waals surface area contributed by atoms with Crippen LogP contribution in [0.1, 0.15) is 20.3 Å². The van der Waals surface area contributed by atoms with Gasteiger partial charge >= 0.3 is 0 Å². The van der Waals surface area contributed by atoms with Gasteiger partial charge in [-0.05, 0) is 18.3 Å². The zero-order chi connectivity index (χ0) is 13.2. The summed E-state index contributed by atoms with van der Waals surface area (Å²) in [5, 5.41) is 12.2. The fourth-order valence-corrected chi connectivity index (χ4v) is 2.57. The van der Waals surface area contributed by atoms with Crippen molar-refractivity contribution < 1.29 is 19.4 Å². The Morgan fingerprint density at radius 3 is 2.72 bits per heavy atom. The van der Waals surface area contributed by atoms with Gasteiger partial charge in [-0.2, -0.15) is 0 Å². The summed E-state index contributed by atoms with van der Waals surface area (Å²) in [6, 6.07) is 0. The minimum Gasteiger partial charge on any atom is -0.396 e. The van der Waals surface area contributed by atoms with Gasteiger partial charge in [0.25, 0.3) is 0 Å². The van der Waals surface area contributed by atoms with Crippen LogP contribution in [0.4, 0.5) is 0 Å². The average Bonchev–Trinajstić information content (AvgIpc) is 2.76. The van der Waals surface area contributed by atoms with Gasteiger partial charge in [-0.25, -0.2) is 0 Å². The molecular weight excluding hydrogens is 234 g/mol. The fraction of sp³-hybridized carbons (Fsp3) is 0.923. The first kappa shape index (κ1) is 13.8. The number of rotatable bonds is 5. The van der Waals surface area contributed by atoms with Crippen LogP contribution in [-0.2, 0) is 14.3 Å². The molecule has 5 nitrogen and oxygen atoms in total. The summed E-state index contributed by atoms with van der Waals surface area (Å²) >= 11 is 0. The normalized spacial score (nSPS) is 30.2. The van der Waals surface area contributed by atoms with Crippen molar-refractivity contribution in [3.63, 3.8) is 0 Å². The lowest BCUT2D eigenvalue weighted by atomic mass is 9.86. The van der Waals surface area contributed by atoms with E-state index in [0.717, 1.165) is 6.42 Å². The van der Waals surface area contributed by atoms with Gasteiger partial charge in [-0.1, -0.05) is 13.8 Å². The lowest BCUT2D eigenvalue weighted by Crippen LogP contribution is -2.54. The van der Waals surface area contributed by atoms with Crippen molar-refractivity contribution in [2.45, 2.75) is 26.4 Å². The number of hydrogen-bond acceptors (Lipinski definition) is 4. The number of aliphatic hydroxyl groups excluding tert-OH is 1. The largest absolute Gasteiger partial charge is 0.396 e. The van der Waals surface area contributed by atoms with Gasteiger partial charge in [-0.15, -0.1) is 0 Å². The molecule has 2 N–H and O–H groups in total. The van der Waals surface area contributed by atoms with Crippen LogP contribution in [0.5, 0.6) is 0 Å². The minimum absolute atomic E-state index is 0.0480. The Balaban J connectivity index is 1.84. The molecule has 104 valence electrons. The summed E-state index contributed by atoms with van der Waals surface area (Å²) in [5.41, 5.74) is -0.276. The van der Waals surface area contributed by atoms with Gasteiger partial charge in [0.2, 0.25) is 5.91 Å². The molecule has 0 bridgehead atoms. The second kappa shape index (κ2) is 5.55. The Hall–Kier alpha value is -0.650. The highest BCUT2D eigenvalue weighted by atomic mass is 16.5. The van der Waals surface area contributed by atoms with Crippen molar-refractivity contribution in [1.29, 1.82) is 0 Å².